The van der Waals surface area contributed by atoms with Crippen LogP contribution in [0.15, 0.2) is 24.3 Å². The fraction of sp³-hybridized carbons (Fsp3) is 0.357. The molecule has 114 valence electrons. The zero-order valence-electron chi connectivity index (χ0n) is 12.1. The lowest BCUT2D eigenvalue weighted by molar-refractivity contribution is -0.144. The number of amides is 2. The van der Waals surface area contributed by atoms with Gasteiger partial charge in [-0.05, 0) is 26.0 Å². The van der Waals surface area contributed by atoms with Gasteiger partial charge in [0.25, 0.3) is 0 Å². The predicted molar refractivity (Wildman–Crippen MR) is 76.0 cm³/mol. The highest BCUT2D eigenvalue weighted by Gasteiger charge is 2.18. The highest BCUT2D eigenvalue weighted by atomic mass is 16.5. The van der Waals surface area contributed by atoms with E-state index in [1.54, 1.807) is 25.1 Å². The van der Waals surface area contributed by atoms with Gasteiger partial charge in [0.1, 0.15) is 6.04 Å². The molecule has 1 aromatic rings. The first-order valence-corrected chi connectivity index (χ1v) is 6.41. The molecule has 0 aliphatic carbocycles. The molecule has 0 saturated heterocycles. The molecule has 2 amide bonds. The van der Waals surface area contributed by atoms with E-state index < -0.39 is 24.0 Å². The molecule has 1 aromatic carbocycles. The summed E-state index contributed by atoms with van der Waals surface area (Å²) >= 11 is 0. The third-order valence-electron chi connectivity index (χ3n) is 2.57. The number of carbonyl (C=O) groups is 3. The number of anilines is 1. The molecule has 0 radical (unpaired) electrons. The Labute approximate surface area is 122 Å². The maximum absolute atomic E-state index is 11.8. The van der Waals surface area contributed by atoms with Crippen molar-refractivity contribution >= 4 is 23.7 Å². The molecule has 0 aromatic heterocycles. The molecule has 1 rings (SSSR count). The maximum Gasteiger partial charge on any atom is 0.339 e. The third-order valence-corrected chi connectivity index (χ3v) is 2.57. The number of nitrogens with one attached hydrogen (secondary N) is 2. The number of benzene rings is 1. The van der Waals surface area contributed by atoms with Gasteiger partial charge in [-0.3, -0.25) is 0 Å². The van der Waals surface area contributed by atoms with Crippen LogP contribution in [0, 0.1) is 0 Å². The molecule has 0 heterocycles. The Morgan fingerprint density at radius 1 is 1.24 bits per heavy atom. The van der Waals surface area contributed by atoms with Crippen LogP contribution in [0.2, 0.25) is 0 Å². The Balaban J connectivity index is 2.71. The summed E-state index contributed by atoms with van der Waals surface area (Å²) in [7, 11) is 1.25. The first-order valence-electron chi connectivity index (χ1n) is 6.41. The normalized spacial score (nSPS) is 11.2. The van der Waals surface area contributed by atoms with E-state index >= 15 is 0 Å². The average molecular weight is 294 g/mol. The van der Waals surface area contributed by atoms with Crippen molar-refractivity contribution in [2.24, 2.45) is 0 Å². The van der Waals surface area contributed by atoms with Crippen LogP contribution in [0.1, 0.15) is 24.2 Å². The molecule has 7 nitrogen and oxygen atoms in total. The van der Waals surface area contributed by atoms with E-state index in [2.05, 4.69) is 15.4 Å². The second-order valence-electron chi connectivity index (χ2n) is 4.11. The standard InChI is InChI=1S/C14H18N2O5/c1-4-21-12(17)9(2)15-14(19)16-11-8-6-5-7-10(11)13(18)20-3/h5-9H,4H2,1-3H3,(H2,15,16,19)/t9-/m0/s1. The minimum absolute atomic E-state index is 0.221. The van der Waals surface area contributed by atoms with E-state index in [0.29, 0.717) is 0 Å². The molecule has 0 saturated carbocycles. The fourth-order valence-corrected chi connectivity index (χ4v) is 1.56. The number of urea groups is 1. The first-order chi connectivity index (χ1) is 9.99. The van der Waals surface area contributed by atoms with E-state index in [1.165, 1.54) is 20.1 Å². The van der Waals surface area contributed by atoms with E-state index in [0.717, 1.165) is 0 Å². The van der Waals surface area contributed by atoms with Gasteiger partial charge < -0.3 is 20.1 Å². The van der Waals surface area contributed by atoms with Crippen molar-refractivity contribution in [1.82, 2.24) is 5.32 Å². The Kier molecular flexibility index (Phi) is 6.19. The molecule has 0 fully saturated rings. The molecule has 1 atom stereocenters. The molecule has 7 heteroatoms. The Bertz CT molecular complexity index is 530. The van der Waals surface area contributed by atoms with Crippen LogP contribution in [-0.2, 0) is 14.3 Å². The van der Waals surface area contributed by atoms with Gasteiger partial charge in [-0.15, -0.1) is 0 Å². The first kappa shape index (κ1) is 16.5. The quantitative estimate of drug-likeness (QED) is 0.803. The minimum atomic E-state index is -0.796. The molecule has 0 bridgehead atoms. The Hall–Kier alpha value is -2.57. The number of esters is 2. The van der Waals surface area contributed by atoms with Crippen molar-refractivity contribution in [1.29, 1.82) is 0 Å². The lowest BCUT2D eigenvalue weighted by Crippen LogP contribution is -2.42. The van der Waals surface area contributed by atoms with E-state index in [9.17, 15) is 14.4 Å². The lowest BCUT2D eigenvalue weighted by Gasteiger charge is -2.14. The van der Waals surface area contributed by atoms with Gasteiger partial charge in [0, 0.05) is 0 Å². The van der Waals surface area contributed by atoms with Crippen LogP contribution in [0.4, 0.5) is 10.5 Å². The number of hydrogen-bond acceptors (Lipinski definition) is 5. The Morgan fingerprint density at radius 2 is 1.90 bits per heavy atom. The summed E-state index contributed by atoms with van der Waals surface area (Å²) in [6.07, 6.45) is 0. The van der Waals surface area contributed by atoms with Crippen molar-refractivity contribution in [3.8, 4) is 0 Å². The zero-order chi connectivity index (χ0) is 15.8. The highest BCUT2D eigenvalue weighted by molar-refractivity contribution is 6.01. The predicted octanol–water partition coefficient (Wildman–Crippen LogP) is 1.55. The van der Waals surface area contributed by atoms with Crippen molar-refractivity contribution < 1.29 is 23.9 Å². The molecule has 21 heavy (non-hydrogen) atoms. The summed E-state index contributed by atoms with van der Waals surface area (Å²) in [6, 6.07) is 4.98. The molecule has 2 N–H and O–H groups in total. The van der Waals surface area contributed by atoms with Crippen molar-refractivity contribution in [2.75, 3.05) is 19.0 Å². The minimum Gasteiger partial charge on any atom is -0.465 e. The molecular formula is C14H18N2O5. The summed E-state index contributed by atoms with van der Waals surface area (Å²) in [5.74, 6) is -1.10. The van der Waals surface area contributed by atoms with E-state index in [1.807, 2.05) is 0 Å². The van der Waals surface area contributed by atoms with Gasteiger partial charge in [0.05, 0.1) is 25.0 Å². The topological polar surface area (TPSA) is 93.7 Å². The highest BCUT2D eigenvalue weighted by Crippen LogP contribution is 2.15. The summed E-state index contributed by atoms with van der Waals surface area (Å²) < 4.78 is 9.40. The second-order valence-corrected chi connectivity index (χ2v) is 4.11. The van der Waals surface area contributed by atoms with Crippen LogP contribution in [0.3, 0.4) is 0 Å². The second kappa shape index (κ2) is 7.88. The summed E-state index contributed by atoms with van der Waals surface area (Å²) in [6.45, 7) is 3.42. The largest absolute Gasteiger partial charge is 0.465 e. The molecule has 0 unspecified atom stereocenters. The smallest absolute Gasteiger partial charge is 0.339 e. The van der Waals surface area contributed by atoms with Gasteiger partial charge in [-0.25, -0.2) is 14.4 Å². The van der Waals surface area contributed by atoms with Crippen LogP contribution in [0.5, 0.6) is 0 Å². The van der Waals surface area contributed by atoms with Crippen molar-refractivity contribution in [2.45, 2.75) is 19.9 Å². The number of methoxy groups -OCH3 is 1. The van der Waals surface area contributed by atoms with E-state index in [-0.39, 0.29) is 17.9 Å². The van der Waals surface area contributed by atoms with Gasteiger partial charge in [0.15, 0.2) is 0 Å². The lowest BCUT2D eigenvalue weighted by atomic mass is 10.2. The number of hydrogen-bond donors (Lipinski definition) is 2. The van der Waals surface area contributed by atoms with Crippen LogP contribution in [0.25, 0.3) is 0 Å². The van der Waals surface area contributed by atoms with Gasteiger partial charge >= 0.3 is 18.0 Å². The fourth-order valence-electron chi connectivity index (χ4n) is 1.56. The summed E-state index contributed by atoms with van der Waals surface area (Å²) in [4.78, 5) is 34.8. The number of rotatable bonds is 5. The van der Waals surface area contributed by atoms with Crippen molar-refractivity contribution in [3.63, 3.8) is 0 Å². The third kappa shape index (κ3) is 4.79. The van der Waals surface area contributed by atoms with Crippen LogP contribution < -0.4 is 10.6 Å². The van der Waals surface area contributed by atoms with Gasteiger partial charge in [-0.2, -0.15) is 0 Å². The molecule has 0 aliphatic rings. The maximum atomic E-state index is 11.8. The number of carbonyl (C=O) groups excluding carboxylic acids is 3. The monoisotopic (exact) mass is 294 g/mol. The van der Waals surface area contributed by atoms with Gasteiger partial charge in [0.2, 0.25) is 0 Å². The zero-order valence-corrected chi connectivity index (χ0v) is 12.1. The summed E-state index contributed by atoms with van der Waals surface area (Å²) in [5, 5.41) is 4.92. The molecule has 0 aliphatic heterocycles. The van der Waals surface area contributed by atoms with Crippen LogP contribution >= 0.6 is 0 Å². The van der Waals surface area contributed by atoms with Crippen molar-refractivity contribution in [3.05, 3.63) is 29.8 Å². The van der Waals surface area contributed by atoms with E-state index in [4.69, 9.17) is 4.74 Å². The number of ether oxygens (including phenoxy) is 2. The van der Waals surface area contributed by atoms with Gasteiger partial charge in [-0.1, -0.05) is 12.1 Å². The van der Waals surface area contributed by atoms with Crippen LogP contribution in [-0.4, -0.2) is 37.7 Å². The number of para-hydroxylation sites is 1. The SMILES string of the molecule is CCOC(=O)[C@H](C)NC(=O)Nc1ccccc1C(=O)OC. The summed E-state index contributed by atoms with van der Waals surface area (Å²) in [5.41, 5.74) is 0.511. The molecule has 0 spiro atoms. The average Bonchev–Trinajstić information content (AvgIpc) is 2.47. The molecular weight excluding hydrogens is 276 g/mol. The Morgan fingerprint density at radius 3 is 2.52 bits per heavy atom.